The third-order valence-electron chi connectivity index (χ3n) is 3.63. The summed E-state index contributed by atoms with van der Waals surface area (Å²) in [7, 11) is 2.19. The second kappa shape index (κ2) is 5.63. The van der Waals surface area contributed by atoms with Crippen LogP contribution in [-0.4, -0.2) is 43.0 Å². The smallest absolute Gasteiger partial charge is 0.0237 e. The standard InChI is InChI=1S/C14H23N3/c1-12-9-13(10-15)3-4-14(12)11-17-7-5-16(2)6-8-17/h3-4,9H,5-8,10-11,15H2,1-2H3. The molecule has 0 radical (unpaired) electrons. The first kappa shape index (κ1) is 12.6. The molecule has 1 aromatic rings. The highest BCUT2D eigenvalue weighted by Gasteiger charge is 2.14. The Morgan fingerprint density at radius 2 is 1.88 bits per heavy atom. The molecule has 2 N–H and O–H groups in total. The molecule has 1 aliphatic heterocycles. The summed E-state index contributed by atoms with van der Waals surface area (Å²) < 4.78 is 0. The van der Waals surface area contributed by atoms with Crippen LogP contribution < -0.4 is 5.73 Å². The van der Waals surface area contributed by atoms with E-state index < -0.39 is 0 Å². The predicted octanol–water partition coefficient (Wildman–Crippen LogP) is 1.20. The molecule has 0 unspecified atom stereocenters. The van der Waals surface area contributed by atoms with Crippen molar-refractivity contribution < 1.29 is 0 Å². The molecule has 1 saturated heterocycles. The molecule has 0 spiro atoms. The van der Waals surface area contributed by atoms with Gasteiger partial charge in [-0.15, -0.1) is 0 Å². The minimum atomic E-state index is 0.635. The van der Waals surface area contributed by atoms with Gasteiger partial charge in [-0.3, -0.25) is 4.90 Å². The van der Waals surface area contributed by atoms with E-state index in [2.05, 4.69) is 42.0 Å². The molecule has 0 bridgehead atoms. The van der Waals surface area contributed by atoms with Gasteiger partial charge in [-0.05, 0) is 30.7 Å². The molecule has 1 heterocycles. The minimum absolute atomic E-state index is 0.635. The van der Waals surface area contributed by atoms with Crippen molar-refractivity contribution in [2.45, 2.75) is 20.0 Å². The van der Waals surface area contributed by atoms with Gasteiger partial charge >= 0.3 is 0 Å². The number of hydrogen-bond acceptors (Lipinski definition) is 3. The van der Waals surface area contributed by atoms with Crippen LogP contribution in [0.2, 0.25) is 0 Å². The fourth-order valence-electron chi connectivity index (χ4n) is 2.31. The molecule has 2 rings (SSSR count). The first-order chi connectivity index (χ1) is 8.19. The van der Waals surface area contributed by atoms with Gasteiger partial charge in [0.05, 0.1) is 0 Å². The van der Waals surface area contributed by atoms with Gasteiger partial charge in [0.15, 0.2) is 0 Å². The van der Waals surface area contributed by atoms with Gasteiger partial charge in [0.1, 0.15) is 0 Å². The van der Waals surface area contributed by atoms with E-state index in [9.17, 15) is 0 Å². The summed E-state index contributed by atoms with van der Waals surface area (Å²) in [6, 6.07) is 6.60. The Bertz CT molecular complexity index is 368. The second-order valence-electron chi connectivity index (χ2n) is 5.04. The molecule has 0 aliphatic carbocycles. The third-order valence-corrected chi connectivity index (χ3v) is 3.63. The number of nitrogens with two attached hydrogens (primary N) is 1. The van der Waals surface area contributed by atoms with Crippen LogP contribution in [0.1, 0.15) is 16.7 Å². The van der Waals surface area contributed by atoms with Crippen LogP contribution in [0.5, 0.6) is 0 Å². The number of nitrogens with zero attached hydrogens (tertiary/aromatic N) is 2. The number of benzene rings is 1. The molecule has 94 valence electrons. The largest absolute Gasteiger partial charge is 0.326 e. The topological polar surface area (TPSA) is 32.5 Å². The van der Waals surface area contributed by atoms with Crippen molar-refractivity contribution in [3.8, 4) is 0 Å². The number of piperazine rings is 1. The van der Waals surface area contributed by atoms with E-state index in [4.69, 9.17) is 5.73 Å². The molecule has 3 nitrogen and oxygen atoms in total. The van der Waals surface area contributed by atoms with Gasteiger partial charge in [-0.2, -0.15) is 0 Å². The molecule has 0 atom stereocenters. The van der Waals surface area contributed by atoms with Crippen molar-refractivity contribution in [2.75, 3.05) is 33.2 Å². The Morgan fingerprint density at radius 3 is 2.47 bits per heavy atom. The predicted molar refractivity (Wildman–Crippen MR) is 71.8 cm³/mol. The van der Waals surface area contributed by atoms with E-state index in [-0.39, 0.29) is 0 Å². The lowest BCUT2D eigenvalue weighted by Gasteiger charge is -2.32. The van der Waals surface area contributed by atoms with Crippen LogP contribution >= 0.6 is 0 Å². The highest BCUT2D eigenvalue weighted by Crippen LogP contribution is 2.14. The van der Waals surface area contributed by atoms with Crippen LogP contribution in [0.4, 0.5) is 0 Å². The van der Waals surface area contributed by atoms with E-state index in [1.165, 1.54) is 42.9 Å². The summed E-state index contributed by atoms with van der Waals surface area (Å²) in [6.45, 7) is 8.60. The zero-order valence-electron chi connectivity index (χ0n) is 10.9. The molecule has 0 saturated carbocycles. The van der Waals surface area contributed by atoms with Gasteiger partial charge in [0, 0.05) is 39.3 Å². The molecular formula is C14H23N3. The van der Waals surface area contributed by atoms with Crippen LogP contribution in [0, 0.1) is 6.92 Å². The maximum Gasteiger partial charge on any atom is 0.0237 e. The number of aryl methyl sites for hydroxylation is 1. The van der Waals surface area contributed by atoms with E-state index in [1.54, 1.807) is 0 Å². The average molecular weight is 233 g/mol. The van der Waals surface area contributed by atoms with Crippen molar-refractivity contribution >= 4 is 0 Å². The van der Waals surface area contributed by atoms with E-state index >= 15 is 0 Å². The molecule has 3 heteroatoms. The maximum atomic E-state index is 5.65. The fraction of sp³-hybridized carbons (Fsp3) is 0.571. The Morgan fingerprint density at radius 1 is 1.18 bits per heavy atom. The minimum Gasteiger partial charge on any atom is -0.326 e. The van der Waals surface area contributed by atoms with Gasteiger partial charge in [0.2, 0.25) is 0 Å². The molecule has 0 aromatic heterocycles. The first-order valence-corrected chi connectivity index (χ1v) is 6.38. The van der Waals surface area contributed by atoms with Crippen molar-refractivity contribution in [3.63, 3.8) is 0 Å². The summed E-state index contributed by atoms with van der Waals surface area (Å²) in [4.78, 5) is 4.92. The quantitative estimate of drug-likeness (QED) is 0.851. The summed E-state index contributed by atoms with van der Waals surface area (Å²) in [5.41, 5.74) is 9.68. The lowest BCUT2D eigenvalue weighted by molar-refractivity contribution is 0.148. The summed E-state index contributed by atoms with van der Waals surface area (Å²) in [5.74, 6) is 0. The lowest BCUT2D eigenvalue weighted by Crippen LogP contribution is -2.43. The zero-order chi connectivity index (χ0) is 12.3. The highest BCUT2D eigenvalue weighted by molar-refractivity contribution is 5.31. The Hall–Kier alpha value is -0.900. The van der Waals surface area contributed by atoms with Gasteiger partial charge in [0.25, 0.3) is 0 Å². The van der Waals surface area contributed by atoms with E-state index in [1.807, 2.05) is 0 Å². The van der Waals surface area contributed by atoms with Crippen LogP contribution in [0.3, 0.4) is 0 Å². The summed E-state index contributed by atoms with van der Waals surface area (Å²) in [5, 5.41) is 0. The van der Waals surface area contributed by atoms with Crippen LogP contribution in [0.15, 0.2) is 18.2 Å². The Labute approximate surface area is 104 Å². The zero-order valence-corrected chi connectivity index (χ0v) is 10.9. The van der Waals surface area contributed by atoms with Gasteiger partial charge in [-0.25, -0.2) is 0 Å². The SMILES string of the molecule is Cc1cc(CN)ccc1CN1CCN(C)CC1. The van der Waals surface area contributed by atoms with E-state index in [0.29, 0.717) is 6.54 Å². The first-order valence-electron chi connectivity index (χ1n) is 6.38. The molecule has 1 aliphatic rings. The van der Waals surface area contributed by atoms with Crippen molar-refractivity contribution in [3.05, 3.63) is 34.9 Å². The van der Waals surface area contributed by atoms with Gasteiger partial charge in [-0.1, -0.05) is 18.2 Å². The van der Waals surface area contributed by atoms with Crippen molar-refractivity contribution in [1.29, 1.82) is 0 Å². The second-order valence-corrected chi connectivity index (χ2v) is 5.04. The number of likely N-dealkylation sites (N-methyl/N-ethyl adjacent to an activating group) is 1. The molecule has 0 amide bonds. The highest BCUT2D eigenvalue weighted by atomic mass is 15.2. The van der Waals surface area contributed by atoms with Crippen molar-refractivity contribution in [1.82, 2.24) is 9.80 Å². The summed E-state index contributed by atoms with van der Waals surface area (Å²) in [6.07, 6.45) is 0. The molecule has 1 fully saturated rings. The Kier molecular flexibility index (Phi) is 4.15. The maximum absolute atomic E-state index is 5.65. The fourth-order valence-corrected chi connectivity index (χ4v) is 2.31. The lowest BCUT2D eigenvalue weighted by atomic mass is 10.0. The molecular weight excluding hydrogens is 210 g/mol. The molecule has 17 heavy (non-hydrogen) atoms. The summed E-state index contributed by atoms with van der Waals surface area (Å²) >= 11 is 0. The average Bonchev–Trinajstić information content (AvgIpc) is 2.34. The monoisotopic (exact) mass is 233 g/mol. The van der Waals surface area contributed by atoms with Crippen LogP contribution in [0.25, 0.3) is 0 Å². The van der Waals surface area contributed by atoms with E-state index in [0.717, 1.165) is 6.54 Å². The molecule has 1 aromatic carbocycles. The third kappa shape index (κ3) is 3.28. The van der Waals surface area contributed by atoms with Crippen molar-refractivity contribution in [2.24, 2.45) is 5.73 Å². The van der Waals surface area contributed by atoms with Crippen LogP contribution in [-0.2, 0) is 13.1 Å². The van der Waals surface area contributed by atoms with Gasteiger partial charge < -0.3 is 10.6 Å². The Balaban J connectivity index is 1.99. The number of hydrogen-bond donors (Lipinski definition) is 1. The normalized spacial score (nSPS) is 18.5. The number of rotatable bonds is 3.